The third-order valence-corrected chi connectivity index (χ3v) is 3.95. The molecule has 0 aliphatic heterocycles. The Morgan fingerprint density at radius 1 is 1.12 bits per heavy atom. The third-order valence-electron chi connectivity index (χ3n) is 3.36. The zero-order chi connectivity index (χ0) is 17.5. The Hall–Kier alpha value is -2.19. The Labute approximate surface area is 144 Å². The molecule has 0 amide bonds. The molecule has 1 aromatic carbocycles. The lowest BCUT2D eigenvalue weighted by molar-refractivity contribution is -0.141. The second-order valence-corrected chi connectivity index (χ2v) is 5.62. The van der Waals surface area contributed by atoms with Gasteiger partial charge in [0.25, 0.3) is 0 Å². The van der Waals surface area contributed by atoms with E-state index in [9.17, 15) is 13.2 Å². The molecule has 1 N–H and O–H groups in total. The van der Waals surface area contributed by atoms with E-state index in [2.05, 4.69) is 15.3 Å². The fraction of sp³-hybridized carbons (Fsp3) is 0.133. The Balaban J connectivity index is 2.46. The van der Waals surface area contributed by atoms with Gasteiger partial charge in [-0.05, 0) is 36.5 Å². The van der Waals surface area contributed by atoms with Gasteiger partial charge < -0.3 is 5.32 Å². The SMILES string of the molecule is CNc1nc(=S)n(-c2ccccc2Cl)c2nc(C(F)(F)F)ccc12. The van der Waals surface area contributed by atoms with Crippen LogP contribution < -0.4 is 5.32 Å². The lowest BCUT2D eigenvalue weighted by atomic mass is 10.2. The Morgan fingerprint density at radius 2 is 1.83 bits per heavy atom. The van der Waals surface area contributed by atoms with Crippen molar-refractivity contribution in [3.8, 4) is 5.69 Å². The van der Waals surface area contributed by atoms with E-state index >= 15 is 0 Å². The van der Waals surface area contributed by atoms with Crippen molar-refractivity contribution in [2.24, 2.45) is 0 Å². The molecule has 0 spiro atoms. The number of hydrogen-bond donors (Lipinski definition) is 1. The molecule has 2 heterocycles. The molecule has 0 saturated carbocycles. The monoisotopic (exact) mass is 370 g/mol. The molecule has 0 bridgehead atoms. The highest BCUT2D eigenvalue weighted by atomic mass is 35.5. The molecule has 9 heteroatoms. The van der Waals surface area contributed by atoms with Crippen LogP contribution in [0.1, 0.15) is 5.69 Å². The van der Waals surface area contributed by atoms with Gasteiger partial charge in [0.1, 0.15) is 11.5 Å². The van der Waals surface area contributed by atoms with Gasteiger partial charge in [0.2, 0.25) is 4.77 Å². The van der Waals surface area contributed by atoms with E-state index in [1.54, 1.807) is 31.3 Å². The molecule has 24 heavy (non-hydrogen) atoms. The number of nitrogens with zero attached hydrogens (tertiary/aromatic N) is 3. The van der Waals surface area contributed by atoms with E-state index in [4.69, 9.17) is 23.8 Å². The van der Waals surface area contributed by atoms with E-state index in [-0.39, 0.29) is 10.4 Å². The molecular weight excluding hydrogens is 361 g/mol. The fourth-order valence-corrected chi connectivity index (χ4v) is 2.80. The summed E-state index contributed by atoms with van der Waals surface area (Å²) in [6, 6.07) is 8.89. The quantitative estimate of drug-likeness (QED) is 0.654. The highest BCUT2D eigenvalue weighted by Crippen LogP contribution is 2.32. The molecular formula is C15H10ClF3N4S. The van der Waals surface area contributed by atoms with E-state index in [1.165, 1.54) is 10.6 Å². The lowest BCUT2D eigenvalue weighted by Crippen LogP contribution is -2.12. The second-order valence-electron chi connectivity index (χ2n) is 4.85. The molecule has 0 aliphatic carbocycles. The number of hydrogen-bond acceptors (Lipinski definition) is 4. The summed E-state index contributed by atoms with van der Waals surface area (Å²) < 4.78 is 40.6. The number of rotatable bonds is 2. The molecule has 0 radical (unpaired) electrons. The highest BCUT2D eigenvalue weighted by Gasteiger charge is 2.33. The van der Waals surface area contributed by atoms with Crippen molar-refractivity contribution in [1.82, 2.24) is 14.5 Å². The number of para-hydroxylation sites is 1. The Bertz CT molecular complexity index is 985. The van der Waals surface area contributed by atoms with E-state index in [0.29, 0.717) is 21.9 Å². The van der Waals surface area contributed by atoms with E-state index in [1.807, 2.05) is 0 Å². The number of anilines is 1. The Morgan fingerprint density at radius 3 is 2.46 bits per heavy atom. The lowest BCUT2D eigenvalue weighted by Gasteiger charge is -2.15. The average Bonchev–Trinajstić information content (AvgIpc) is 2.54. The minimum absolute atomic E-state index is 0.0299. The molecule has 0 atom stereocenters. The maximum Gasteiger partial charge on any atom is 0.433 e. The number of nitrogens with one attached hydrogen (secondary N) is 1. The summed E-state index contributed by atoms with van der Waals surface area (Å²) in [5.41, 5.74) is -0.572. The highest BCUT2D eigenvalue weighted by molar-refractivity contribution is 7.71. The Kier molecular flexibility index (Phi) is 4.18. The fourth-order valence-electron chi connectivity index (χ4n) is 2.30. The van der Waals surface area contributed by atoms with Crippen LogP contribution in [0.15, 0.2) is 36.4 Å². The van der Waals surface area contributed by atoms with Crippen molar-refractivity contribution in [3.05, 3.63) is 51.9 Å². The third kappa shape index (κ3) is 2.83. The molecule has 0 fully saturated rings. The minimum Gasteiger partial charge on any atom is -0.372 e. The minimum atomic E-state index is -4.57. The molecule has 0 unspecified atom stereocenters. The van der Waals surface area contributed by atoms with Gasteiger partial charge in [-0.15, -0.1) is 0 Å². The van der Waals surface area contributed by atoms with Crippen molar-refractivity contribution in [2.75, 3.05) is 12.4 Å². The maximum atomic E-state index is 13.1. The summed E-state index contributed by atoms with van der Waals surface area (Å²) >= 11 is 11.4. The zero-order valence-electron chi connectivity index (χ0n) is 12.2. The summed E-state index contributed by atoms with van der Waals surface area (Å²) in [6.45, 7) is 0. The molecule has 0 saturated heterocycles. The number of halogens is 4. The van der Waals surface area contributed by atoms with Crippen molar-refractivity contribution >= 4 is 40.7 Å². The van der Waals surface area contributed by atoms with Gasteiger partial charge in [0.15, 0.2) is 5.65 Å². The van der Waals surface area contributed by atoms with Gasteiger partial charge >= 0.3 is 6.18 Å². The molecule has 3 aromatic rings. The van der Waals surface area contributed by atoms with Crippen LogP contribution in [0.25, 0.3) is 16.7 Å². The van der Waals surface area contributed by atoms with Crippen LogP contribution in [0.4, 0.5) is 19.0 Å². The topological polar surface area (TPSA) is 42.7 Å². The number of pyridine rings is 1. The summed E-state index contributed by atoms with van der Waals surface area (Å²) in [5.74, 6) is 0.347. The van der Waals surface area contributed by atoms with Crippen LogP contribution in [0.5, 0.6) is 0 Å². The molecule has 2 aromatic heterocycles. The van der Waals surface area contributed by atoms with Crippen molar-refractivity contribution < 1.29 is 13.2 Å². The number of alkyl halides is 3. The van der Waals surface area contributed by atoms with Crippen LogP contribution in [0.2, 0.25) is 5.02 Å². The first-order valence-corrected chi connectivity index (χ1v) is 7.55. The summed E-state index contributed by atoms with van der Waals surface area (Å²) in [7, 11) is 1.61. The average molecular weight is 371 g/mol. The van der Waals surface area contributed by atoms with Crippen LogP contribution >= 0.6 is 23.8 Å². The molecule has 124 valence electrons. The van der Waals surface area contributed by atoms with Crippen molar-refractivity contribution in [1.29, 1.82) is 0 Å². The normalized spacial score (nSPS) is 11.7. The van der Waals surface area contributed by atoms with Gasteiger partial charge in [-0.2, -0.15) is 13.2 Å². The summed E-state index contributed by atoms with van der Waals surface area (Å²) in [6.07, 6.45) is -4.57. The molecule has 3 rings (SSSR count). The maximum absolute atomic E-state index is 13.1. The predicted molar refractivity (Wildman–Crippen MR) is 89.3 cm³/mol. The first-order valence-electron chi connectivity index (χ1n) is 6.76. The first-order chi connectivity index (χ1) is 11.3. The second kappa shape index (κ2) is 6.03. The van der Waals surface area contributed by atoms with E-state index in [0.717, 1.165) is 6.07 Å². The largest absolute Gasteiger partial charge is 0.433 e. The van der Waals surface area contributed by atoms with Crippen LogP contribution in [-0.2, 0) is 6.18 Å². The number of aromatic nitrogens is 3. The summed E-state index contributed by atoms with van der Waals surface area (Å²) in [4.78, 5) is 7.98. The van der Waals surface area contributed by atoms with Gasteiger partial charge in [-0.1, -0.05) is 23.7 Å². The van der Waals surface area contributed by atoms with Crippen molar-refractivity contribution in [2.45, 2.75) is 6.18 Å². The van der Waals surface area contributed by atoms with Gasteiger partial charge in [-0.25, -0.2) is 9.97 Å². The van der Waals surface area contributed by atoms with Crippen molar-refractivity contribution in [3.63, 3.8) is 0 Å². The standard InChI is InChI=1S/C15H10ClF3N4S/c1-20-12-8-6-7-11(15(17,18)19)21-13(8)23(14(24)22-12)10-5-3-2-4-9(10)16/h2-7H,1H3,(H,20,22,24). The van der Waals surface area contributed by atoms with Crippen LogP contribution in [0.3, 0.4) is 0 Å². The van der Waals surface area contributed by atoms with Gasteiger partial charge in [-0.3, -0.25) is 4.57 Å². The molecule has 4 nitrogen and oxygen atoms in total. The number of fused-ring (bicyclic) bond motifs is 1. The van der Waals surface area contributed by atoms with Crippen LogP contribution in [-0.4, -0.2) is 21.6 Å². The summed E-state index contributed by atoms with van der Waals surface area (Å²) in [5, 5.41) is 3.55. The first kappa shape index (κ1) is 16.7. The van der Waals surface area contributed by atoms with E-state index < -0.39 is 11.9 Å². The predicted octanol–water partition coefficient (Wildman–Crippen LogP) is 4.86. The smallest absolute Gasteiger partial charge is 0.372 e. The zero-order valence-corrected chi connectivity index (χ0v) is 13.8. The number of benzene rings is 1. The van der Waals surface area contributed by atoms with Gasteiger partial charge in [0, 0.05) is 7.05 Å². The molecule has 0 aliphatic rings. The van der Waals surface area contributed by atoms with Gasteiger partial charge in [0.05, 0.1) is 16.1 Å². The van der Waals surface area contributed by atoms with Crippen LogP contribution in [0, 0.1) is 4.77 Å².